The molecule has 0 rings (SSSR count). The van der Waals surface area contributed by atoms with Gasteiger partial charge in [0.05, 0.1) is 6.61 Å². The van der Waals surface area contributed by atoms with Gasteiger partial charge in [0.25, 0.3) is 0 Å². The number of hydrogen-bond acceptors (Lipinski definition) is 5. The van der Waals surface area contributed by atoms with Crippen molar-refractivity contribution in [2.24, 2.45) is 0 Å². The first-order valence-electron chi connectivity index (χ1n) is 6.62. The number of esters is 1. The van der Waals surface area contributed by atoms with Gasteiger partial charge in [-0.3, -0.25) is 0 Å². The van der Waals surface area contributed by atoms with E-state index in [1.165, 1.54) is 19.3 Å². The van der Waals surface area contributed by atoms with E-state index in [0.29, 0.717) is 0 Å². The Hall–Kier alpha value is -0.100. The molecule has 0 aliphatic rings. The van der Waals surface area contributed by atoms with Crippen LogP contribution in [0.2, 0.25) is 0 Å². The number of aliphatic hydroxyl groups is 1. The molecule has 1 N–H and O–H groups in total. The zero-order valence-electron chi connectivity index (χ0n) is 12.0. The largest absolute Gasteiger partial charge is 1.00 e. The van der Waals surface area contributed by atoms with Crippen molar-refractivity contribution in [3.63, 3.8) is 0 Å². The predicted molar refractivity (Wildman–Crippen MR) is 64.6 cm³/mol. The summed E-state index contributed by atoms with van der Waals surface area (Å²) in [6.45, 7) is 2.43. The first-order valence-corrected chi connectivity index (χ1v) is 6.62. The SMILES string of the molecule is CCCCCCCCO[13C](=O)[13C@@H](O)[13CH2][13CH2][13C](=O)[O-].[Na+]. The number of hydrogen-bond donors (Lipinski definition) is 1. The van der Waals surface area contributed by atoms with Crippen LogP contribution in [-0.2, 0) is 14.3 Å². The Balaban J connectivity index is 0. The minimum absolute atomic E-state index is 0. The Bertz CT molecular complexity index is 245. The van der Waals surface area contributed by atoms with Gasteiger partial charge in [-0.25, -0.2) is 4.79 Å². The monoisotopic (exact) mass is 287 g/mol. The molecule has 5 nitrogen and oxygen atoms in total. The van der Waals surface area contributed by atoms with Crippen LogP contribution in [0.15, 0.2) is 0 Å². The molecule has 106 valence electrons. The maximum atomic E-state index is 11.2. The normalized spacial score (nSPS) is 11.5. The molecule has 19 heavy (non-hydrogen) atoms. The standard InChI is InChI=1S/C13H24O5.Na/c1-2-3-4-5-6-7-10-18-13(17)11(14)8-9-12(15)16;/h11,14H,2-10H2,1H3,(H,15,16);/q;+1/p-1/t11-;/m0./s1/i8+1,9+1,11+1,12+1,13+1;. The van der Waals surface area contributed by atoms with Crippen LogP contribution >= 0.6 is 0 Å². The number of unbranched alkanes of at least 4 members (excludes halogenated alkanes) is 5. The predicted octanol–water partition coefficient (Wildman–Crippen LogP) is -2.21. The van der Waals surface area contributed by atoms with Gasteiger partial charge in [0.2, 0.25) is 0 Å². The summed E-state index contributed by atoms with van der Waals surface area (Å²) in [4.78, 5) is 21.3. The molecule has 1 atom stereocenters. The quantitative estimate of drug-likeness (QED) is 0.201. The average Bonchev–Trinajstić information content (AvgIpc) is 2.34. The number of carboxylic acid groups (broad SMARTS) is 1. The summed E-state index contributed by atoms with van der Waals surface area (Å²) in [5, 5.41) is 19.4. The number of aliphatic hydroxyl groups excluding tert-OH is 1. The van der Waals surface area contributed by atoms with Crippen LogP contribution in [0.1, 0.15) is 58.3 Å². The van der Waals surface area contributed by atoms with Crippen LogP contribution in [0.5, 0.6) is 0 Å². The Morgan fingerprint density at radius 3 is 2.32 bits per heavy atom. The second-order valence-electron chi connectivity index (χ2n) is 4.36. The molecule has 0 unspecified atom stereocenters. The second-order valence-corrected chi connectivity index (χ2v) is 4.36. The van der Waals surface area contributed by atoms with Gasteiger partial charge in [-0.05, 0) is 19.3 Å². The van der Waals surface area contributed by atoms with Crippen molar-refractivity contribution >= 4 is 11.9 Å². The van der Waals surface area contributed by atoms with Gasteiger partial charge in [-0.15, -0.1) is 0 Å². The number of rotatable bonds is 11. The maximum Gasteiger partial charge on any atom is 1.00 e. The number of aliphatic carboxylic acids is 1. The average molecular weight is 287 g/mol. The molecule has 0 spiro atoms. The third-order valence-electron chi connectivity index (χ3n) is 2.64. The van der Waals surface area contributed by atoms with Gasteiger partial charge in [0, 0.05) is 5.97 Å². The van der Waals surface area contributed by atoms with Crippen molar-refractivity contribution in [3.05, 3.63) is 0 Å². The van der Waals surface area contributed by atoms with E-state index in [9.17, 15) is 19.8 Å². The summed E-state index contributed by atoms with van der Waals surface area (Å²) in [5.41, 5.74) is 0. The van der Waals surface area contributed by atoms with Gasteiger partial charge in [0.1, 0.15) is 0 Å². The molecule has 0 radical (unpaired) electrons. The zero-order valence-corrected chi connectivity index (χ0v) is 14.0. The van der Waals surface area contributed by atoms with Gasteiger partial charge < -0.3 is 19.7 Å². The Labute approximate surface area is 137 Å². The van der Waals surface area contributed by atoms with Crippen molar-refractivity contribution in [2.45, 2.75) is 64.4 Å². The third kappa shape index (κ3) is 14.1. The van der Waals surface area contributed by atoms with Gasteiger partial charge >= 0.3 is 35.5 Å². The van der Waals surface area contributed by atoms with Crippen molar-refractivity contribution in [1.82, 2.24) is 0 Å². The Morgan fingerprint density at radius 1 is 1.16 bits per heavy atom. The summed E-state index contributed by atoms with van der Waals surface area (Å²) in [7, 11) is 0. The summed E-state index contributed by atoms with van der Waals surface area (Å²) < 4.78 is 4.84. The molecule has 0 heterocycles. The van der Waals surface area contributed by atoms with Gasteiger partial charge in [-0.1, -0.05) is 39.0 Å². The molecule has 0 bridgehead atoms. The van der Waals surface area contributed by atoms with Crippen LogP contribution in [0.3, 0.4) is 0 Å². The summed E-state index contributed by atoms with van der Waals surface area (Å²) in [5.74, 6) is -2.03. The minimum atomic E-state index is -1.36. The number of carboxylic acids is 1. The summed E-state index contributed by atoms with van der Waals surface area (Å²) in [6.07, 6.45) is 4.66. The Kier molecular flexibility index (Phi) is 16.0. The number of ether oxygens (including phenoxy) is 1. The molecular formula is C13H23NaO5. The van der Waals surface area contributed by atoms with Crippen molar-refractivity contribution in [3.8, 4) is 0 Å². The molecule has 0 aromatic carbocycles. The molecule has 0 amide bonds. The van der Waals surface area contributed by atoms with E-state index in [1.54, 1.807) is 0 Å². The van der Waals surface area contributed by atoms with Crippen LogP contribution in [0, 0.1) is 0 Å². The second kappa shape index (κ2) is 14.3. The van der Waals surface area contributed by atoms with Crippen LogP contribution in [-0.4, -0.2) is 29.8 Å². The van der Waals surface area contributed by atoms with Crippen LogP contribution in [0.25, 0.3) is 0 Å². The molecule has 0 fully saturated rings. The van der Waals surface area contributed by atoms with Crippen LogP contribution < -0.4 is 34.7 Å². The fourth-order valence-electron chi connectivity index (χ4n) is 1.52. The number of carbonyl (C=O) groups is 2. The van der Waals surface area contributed by atoms with Gasteiger partial charge in [-0.2, -0.15) is 0 Å². The molecule has 0 aliphatic heterocycles. The van der Waals surface area contributed by atoms with E-state index < -0.39 is 18.0 Å². The fraction of sp³-hybridized carbons (Fsp3) is 0.846. The molecule has 0 aromatic heterocycles. The first-order chi connectivity index (χ1) is 8.57. The van der Waals surface area contributed by atoms with Gasteiger partial charge in [0.15, 0.2) is 6.10 Å². The fourth-order valence-corrected chi connectivity index (χ4v) is 1.52. The molecule has 0 saturated heterocycles. The summed E-state index contributed by atoms with van der Waals surface area (Å²) >= 11 is 0. The molecule has 0 aromatic rings. The first kappa shape index (κ1) is 21.2. The van der Waals surface area contributed by atoms with Crippen molar-refractivity contribution in [2.75, 3.05) is 6.61 Å². The Morgan fingerprint density at radius 2 is 1.74 bits per heavy atom. The smallest absolute Gasteiger partial charge is 0.550 e. The van der Waals surface area contributed by atoms with Crippen molar-refractivity contribution in [1.29, 1.82) is 0 Å². The van der Waals surface area contributed by atoms with E-state index in [2.05, 4.69) is 6.92 Å². The third-order valence-corrected chi connectivity index (χ3v) is 2.64. The van der Waals surface area contributed by atoms with E-state index in [4.69, 9.17) is 4.74 Å². The van der Waals surface area contributed by atoms with E-state index in [0.717, 1.165) is 19.3 Å². The molecule has 0 aliphatic carbocycles. The topological polar surface area (TPSA) is 86.7 Å². The van der Waals surface area contributed by atoms with Crippen LogP contribution in [0.4, 0.5) is 0 Å². The molecular weight excluding hydrogens is 264 g/mol. The number of carbonyl (C=O) groups excluding carboxylic acids is 2. The van der Waals surface area contributed by atoms with E-state index >= 15 is 0 Å². The minimum Gasteiger partial charge on any atom is -0.550 e. The van der Waals surface area contributed by atoms with E-state index in [1.807, 2.05) is 0 Å². The van der Waals surface area contributed by atoms with E-state index in [-0.39, 0.29) is 49.0 Å². The zero-order chi connectivity index (χ0) is 13.8. The molecule has 0 saturated carbocycles. The molecule has 6 heteroatoms. The summed E-state index contributed by atoms with van der Waals surface area (Å²) in [6, 6.07) is 0. The maximum absolute atomic E-state index is 11.2. The van der Waals surface area contributed by atoms with Crippen molar-refractivity contribution < 1.29 is 54.1 Å².